The third-order valence-electron chi connectivity index (χ3n) is 3.22. The highest BCUT2D eigenvalue weighted by atomic mass is 35.5. The Hall–Kier alpha value is -2.09. The van der Waals surface area contributed by atoms with Gasteiger partial charge in [-0.3, -0.25) is 14.3 Å². The number of nitrogens with zero attached hydrogens (tertiary/aromatic N) is 3. The number of ether oxygens (including phenoxy) is 1. The first-order valence-corrected chi connectivity index (χ1v) is 7.89. The van der Waals surface area contributed by atoms with Crippen molar-refractivity contribution in [1.82, 2.24) is 20.0 Å². The predicted octanol–water partition coefficient (Wildman–Crippen LogP) is 0.862. The molecule has 0 unspecified atom stereocenters. The van der Waals surface area contributed by atoms with Crippen LogP contribution in [0.5, 0.6) is 0 Å². The number of halogens is 1. The molecule has 1 aromatic heterocycles. The minimum Gasteiger partial charge on any atom is -0.452 e. The van der Waals surface area contributed by atoms with E-state index in [1.165, 1.54) is 23.7 Å². The lowest BCUT2D eigenvalue weighted by Crippen LogP contribution is -2.39. The van der Waals surface area contributed by atoms with E-state index >= 15 is 0 Å². The van der Waals surface area contributed by atoms with Gasteiger partial charge in [-0.25, -0.2) is 4.79 Å². The van der Waals surface area contributed by atoms with Crippen LogP contribution in [0.25, 0.3) is 0 Å². The van der Waals surface area contributed by atoms with Gasteiger partial charge >= 0.3 is 5.97 Å². The number of likely N-dealkylation sites (N-methyl/N-ethyl adjacent to an activating group) is 2. The maximum atomic E-state index is 12.2. The molecule has 0 saturated carbocycles. The SMILES string of the molecule is CNC(=O)CN(C)C(=O)COC(=O)c1c(C)nn(CC(C)C)c1Cl. The van der Waals surface area contributed by atoms with Gasteiger partial charge in [-0.15, -0.1) is 0 Å². The van der Waals surface area contributed by atoms with Crippen LogP contribution in [0.2, 0.25) is 5.15 Å². The highest BCUT2D eigenvalue weighted by Crippen LogP contribution is 2.21. The summed E-state index contributed by atoms with van der Waals surface area (Å²) in [4.78, 5) is 36.4. The zero-order valence-electron chi connectivity index (χ0n) is 14.6. The van der Waals surface area contributed by atoms with Gasteiger partial charge < -0.3 is 15.0 Å². The fourth-order valence-electron chi connectivity index (χ4n) is 1.94. The first-order valence-electron chi connectivity index (χ1n) is 7.51. The Morgan fingerprint density at radius 2 is 2.00 bits per heavy atom. The average Bonchev–Trinajstić information content (AvgIpc) is 2.77. The number of nitrogens with one attached hydrogen (secondary N) is 1. The molecule has 0 aliphatic carbocycles. The second-order valence-electron chi connectivity index (χ2n) is 5.83. The average molecular weight is 359 g/mol. The van der Waals surface area contributed by atoms with Crippen molar-refractivity contribution in [3.05, 3.63) is 16.4 Å². The fourth-order valence-corrected chi connectivity index (χ4v) is 2.27. The van der Waals surface area contributed by atoms with Gasteiger partial charge in [0.2, 0.25) is 5.91 Å². The minimum absolute atomic E-state index is 0.112. The van der Waals surface area contributed by atoms with E-state index in [2.05, 4.69) is 10.4 Å². The van der Waals surface area contributed by atoms with Crippen molar-refractivity contribution >= 4 is 29.4 Å². The van der Waals surface area contributed by atoms with E-state index in [1.54, 1.807) is 6.92 Å². The maximum absolute atomic E-state index is 12.2. The van der Waals surface area contributed by atoms with Gasteiger partial charge in [-0.2, -0.15) is 5.10 Å². The summed E-state index contributed by atoms with van der Waals surface area (Å²) in [7, 11) is 2.92. The lowest BCUT2D eigenvalue weighted by atomic mass is 10.2. The van der Waals surface area contributed by atoms with Crippen LogP contribution in [-0.2, 0) is 20.9 Å². The van der Waals surface area contributed by atoms with Crippen LogP contribution in [0.4, 0.5) is 0 Å². The summed E-state index contributed by atoms with van der Waals surface area (Å²) in [5.41, 5.74) is 0.593. The summed E-state index contributed by atoms with van der Waals surface area (Å²) < 4.78 is 6.55. The molecule has 0 fully saturated rings. The molecule has 0 saturated heterocycles. The number of aryl methyl sites for hydroxylation is 1. The Morgan fingerprint density at radius 1 is 1.38 bits per heavy atom. The van der Waals surface area contributed by atoms with E-state index in [9.17, 15) is 14.4 Å². The molecule has 9 heteroatoms. The number of rotatable bonds is 7. The molecule has 2 amide bonds. The standard InChI is InChI=1S/C15H23ClN4O4/c1-9(2)6-20-14(16)13(10(3)18-20)15(23)24-8-12(22)19(5)7-11(21)17-4/h9H,6-8H2,1-5H3,(H,17,21). The van der Waals surface area contributed by atoms with Crippen LogP contribution < -0.4 is 5.32 Å². The summed E-state index contributed by atoms with van der Waals surface area (Å²) in [6.45, 7) is 5.65. The molecule has 0 aliphatic rings. The van der Waals surface area contributed by atoms with E-state index in [1.807, 2.05) is 13.8 Å². The molecule has 8 nitrogen and oxygen atoms in total. The molecule has 0 aliphatic heterocycles. The van der Waals surface area contributed by atoms with E-state index < -0.39 is 18.5 Å². The molecule has 0 atom stereocenters. The van der Waals surface area contributed by atoms with E-state index in [0.29, 0.717) is 18.2 Å². The molecule has 0 spiro atoms. The molecule has 1 rings (SSSR count). The van der Waals surface area contributed by atoms with Gasteiger partial charge in [0.15, 0.2) is 6.61 Å². The number of carbonyl (C=O) groups excluding carboxylic acids is 3. The molecule has 0 bridgehead atoms. The number of carbonyl (C=O) groups is 3. The molecular weight excluding hydrogens is 336 g/mol. The Morgan fingerprint density at radius 3 is 2.54 bits per heavy atom. The van der Waals surface area contributed by atoms with Crippen molar-refractivity contribution in [3.63, 3.8) is 0 Å². The summed E-state index contributed by atoms with van der Waals surface area (Å²) in [6, 6.07) is 0. The van der Waals surface area contributed by atoms with Crippen LogP contribution in [0.15, 0.2) is 0 Å². The van der Waals surface area contributed by atoms with Crippen molar-refractivity contribution in [2.75, 3.05) is 27.2 Å². The normalized spacial score (nSPS) is 10.6. The number of aromatic nitrogens is 2. The van der Waals surface area contributed by atoms with Crippen molar-refractivity contribution < 1.29 is 19.1 Å². The predicted molar refractivity (Wildman–Crippen MR) is 88.8 cm³/mol. The molecular formula is C15H23ClN4O4. The molecule has 0 aromatic carbocycles. The van der Waals surface area contributed by atoms with Gasteiger partial charge in [-0.05, 0) is 12.8 Å². The first-order chi connectivity index (χ1) is 11.2. The molecule has 1 N–H and O–H groups in total. The van der Waals surface area contributed by atoms with Gasteiger partial charge in [0.1, 0.15) is 10.7 Å². The highest BCUT2D eigenvalue weighted by Gasteiger charge is 2.23. The Balaban J connectivity index is 2.70. The molecule has 0 radical (unpaired) electrons. The zero-order chi connectivity index (χ0) is 18.4. The minimum atomic E-state index is -0.714. The Bertz CT molecular complexity index is 627. The van der Waals surface area contributed by atoms with Crippen LogP contribution >= 0.6 is 11.6 Å². The van der Waals surface area contributed by atoms with Crippen LogP contribution in [0, 0.1) is 12.8 Å². The van der Waals surface area contributed by atoms with Crippen molar-refractivity contribution in [1.29, 1.82) is 0 Å². The van der Waals surface area contributed by atoms with Crippen LogP contribution in [-0.4, -0.2) is 59.7 Å². The molecule has 24 heavy (non-hydrogen) atoms. The summed E-state index contributed by atoms with van der Waals surface area (Å²) in [6.07, 6.45) is 0. The van der Waals surface area contributed by atoms with E-state index in [4.69, 9.17) is 16.3 Å². The Labute approximate surface area is 146 Å². The smallest absolute Gasteiger partial charge is 0.343 e. The second-order valence-corrected chi connectivity index (χ2v) is 6.18. The van der Waals surface area contributed by atoms with E-state index in [-0.39, 0.29) is 23.2 Å². The summed E-state index contributed by atoms with van der Waals surface area (Å²) in [5.74, 6) is -1.21. The maximum Gasteiger partial charge on any atom is 0.343 e. The van der Waals surface area contributed by atoms with Gasteiger partial charge in [0, 0.05) is 20.6 Å². The van der Waals surface area contributed by atoms with Crippen LogP contribution in [0.3, 0.4) is 0 Å². The lowest BCUT2D eigenvalue weighted by molar-refractivity contribution is -0.137. The molecule has 134 valence electrons. The summed E-state index contributed by atoms with van der Waals surface area (Å²) >= 11 is 6.19. The quantitative estimate of drug-likeness (QED) is 0.730. The molecule has 1 heterocycles. The van der Waals surface area contributed by atoms with Gasteiger partial charge in [-0.1, -0.05) is 25.4 Å². The third-order valence-corrected chi connectivity index (χ3v) is 3.60. The lowest BCUT2D eigenvalue weighted by Gasteiger charge is -2.15. The number of amides is 2. The van der Waals surface area contributed by atoms with Crippen molar-refractivity contribution in [2.45, 2.75) is 27.3 Å². The van der Waals surface area contributed by atoms with Crippen LogP contribution in [0.1, 0.15) is 29.9 Å². The first kappa shape index (κ1) is 20.0. The largest absolute Gasteiger partial charge is 0.452 e. The topological polar surface area (TPSA) is 93.5 Å². The number of hydrogen-bond acceptors (Lipinski definition) is 5. The Kier molecular flexibility index (Phi) is 7.21. The van der Waals surface area contributed by atoms with E-state index in [0.717, 1.165) is 0 Å². The van der Waals surface area contributed by atoms with Gasteiger partial charge in [0.25, 0.3) is 5.91 Å². The van der Waals surface area contributed by atoms with Gasteiger partial charge in [0.05, 0.1) is 12.2 Å². The second kappa shape index (κ2) is 8.68. The highest BCUT2D eigenvalue weighted by molar-refractivity contribution is 6.32. The van der Waals surface area contributed by atoms with Crippen molar-refractivity contribution in [2.24, 2.45) is 5.92 Å². The molecule has 1 aromatic rings. The fraction of sp³-hybridized carbons (Fsp3) is 0.600. The van der Waals surface area contributed by atoms with Crippen molar-refractivity contribution in [3.8, 4) is 0 Å². The number of esters is 1. The number of hydrogen-bond donors (Lipinski definition) is 1. The third kappa shape index (κ3) is 5.23. The monoisotopic (exact) mass is 358 g/mol. The zero-order valence-corrected chi connectivity index (χ0v) is 15.3. The summed E-state index contributed by atoms with van der Waals surface area (Å²) in [5, 5.41) is 6.82.